The van der Waals surface area contributed by atoms with E-state index in [-0.39, 0.29) is 17.4 Å². The average molecular weight is 413 g/mol. The Morgan fingerprint density at radius 1 is 1.00 bits per heavy atom. The van der Waals surface area contributed by atoms with E-state index in [0.717, 1.165) is 5.56 Å². The summed E-state index contributed by atoms with van der Waals surface area (Å²) in [6, 6.07) is 16.4. The number of aromatic nitrogens is 2. The van der Waals surface area contributed by atoms with Gasteiger partial charge in [0.05, 0.1) is 22.7 Å². The Hall–Kier alpha value is -2.55. The third-order valence-electron chi connectivity index (χ3n) is 5.43. The zero-order chi connectivity index (χ0) is 20.4. The molecule has 0 aliphatic carbocycles. The first-order valence-corrected chi connectivity index (χ1v) is 11.3. The molecule has 152 valence electrons. The van der Waals surface area contributed by atoms with Gasteiger partial charge in [0.15, 0.2) is 0 Å². The predicted molar refractivity (Wildman–Crippen MR) is 113 cm³/mol. The summed E-state index contributed by atoms with van der Waals surface area (Å²) < 4.78 is 27.0. The molecule has 1 fully saturated rings. The molecule has 3 aromatic rings. The maximum absolute atomic E-state index is 12.7. The highest BCUT2D eigenvalue weighted by Gasteiger charge is 2.30. The van der Waals surface area contributed by atoms with Gasteiger partial charge in [-0.2, -0.15) is 4.31 Å². The van der Waals surface area contributed by atoms with Crippen molar-refractivity contribution in [3.05, 3.63) is 76.3 Å². The Balaban J connectivity index is 1.45. The number of nitrogens with one attached hydrogen (secondary N) is 1. The molecule has 1 saturated heterocycles. The second kappa shape index (κ2) is 8.06. The number of para-hydroxylation sites is 1. The minimum Gasteiger partial charge on any atom is -0.309 e. The van der Waals surface area contributed by atoms with Crippen molar-refractivity contribution in [2.24, 2.45) is 0 Å². The molecule has 0 spiro atoms. The first kappa shape index (κ1) is 19.8. The summed E-state index contributed by atoms with van der Waals surface area (Å²) in [6.45, 7) is 4.02. The van der Waals surface area contributed by atoms with Crippen molar-refractivity contribution in [2.45, 2.75) is 18.7 Å². The molecule has 0 amide bonds. The van der Waals surface area contributed by atoms with Crippen LogP contribution in [-0.2, 0) is 15.8 Å². The van der Waals surface area contributed by atoms with E-state index in [4.69, 9.17) is 0 Å². The van der Waals surface area contributed by atoms with E-state index in [0.29, 0.717) is 42.9 Å². The Bertz CT molecular complexity index is 1150. The summed E-state index contributed by atoms with van der Waals surface area (Å²) >= 11 is 0. The SMILES string of the molecule is CC(c1nc2ccccc2c(=O)[nH]1)N1CCN(S(=O)(=O)Cc2ccccc2)CC1. The standard InChI is InChI=1S/C21H24N4O3S/c1-16(20-22-19-10-6-5-9-18(19)21(26)23-20)24-11-13-25(14-12-24)29(27,28)15-17-7-3-2-4-8-17/h2-10,16H,11-15H2,1H3,(H,22,23,26). The Labute approximate surface area is 170 Å². The number of hydrogen-bond acceptors (Lipinski definition) is 5. The molecule has 2 aromatic carbocycles. The van der Waals surface area contributed by atoms with Crippen LogP contribution in [0, 0.1) is 0 Å². The van der Waals surface area contributed by atoms with E-state index in [9.17, 15) is 13.2 Å². The van der Waals surface area contributed by atoms with Crippen LogP contribution >= 0.6 is 0 Å². The third kappa shape index (κ3) is 4.24. The van der Waals surface area contributed by atoms with Crippen molar-refractivity contribution < 1.29 is 8.42 Å². The Morgan fingerprint density at radius 3 is 2.38 bits per heavy atom. The number of aromatic amines is 1. The van der Waals surface area contributed by atoms with Gasteiger partial charge in [0.25, 0.3) is 5.56 Å². The first-order chi connectivity index (χ1) is 13.9. The lowest BCUT2D eigenvalue weighted by molar-refractivity contribution is 0.141. The zero-order valence-electron chi connectivity index (χ0n) is 16.3. The van der Waals surface area contributed by atoms with Gasteiger partial charge in [-0.1, -0.05) is 42.5 Å². The summed E-state index contributed by atoms with van der Waals surface area (Å²) in [5.41, 5.74) is 1.31. The van der Waals surface area contributed by atoms with Crippen molar-refractivity contribution in [3.8, 4) is 0 Å². The van der Waals surface area contributed by atoms with Gasteiger partial charge >= 0.3 is 0 Å². The molecule has 4 rings (SSSR count). The predicted octanol–water partition coefficient (Wildman–Crippen LogP) is 2.13. The van der Waals surface area contributed by atoms with Gasteiger partial charge in [0, 0.05) is 26.2 Å². The van der Waals surface area contributed by atoms with Gasteiger partial charge in [-0.25, -0.2) is 13.4 Å². The number of sulfonamides is 1. The molecule has 8 heteroatoms. The Morgan fingerprint density at radius 2 is 1.66 bits per heavy atom. The molecule has 0 saturated carbocycles. The quantitative estimate of drug-likeness (QED) is 0.694. The molecule has 7 nitrogen and oxygen atoms in total. The average Bonchev–Trinajstić information content (AvgIpc) is 2.74. The van der Waals surface area contributed by atoms with E-state index in [1.807, 2.05) is 55.5 Å². The van der Waals surface area contributed by atoms with Crippen LogP contribution in [0.4, 0.5) is 0 Å². The van der Waals surface area contributed by atoms with Gasteiger partial charge in [-0.3, -0.25) is 9.69 Å². The lowest BCUT2D eigenvalue weighted by atomic mass is 10.2. The van der Waals surface area contributed by atoms with Crippen molar-refractivity contribution in [1.82, 2.24) is 19.2 Å². The van der Waals surface area contributed by atoms with Crippen molar-refractivity contribution >= 4 is 20.9 Å². The lowest BCUT2D eigenvalue weighted by Crippen LogP contribution is -2.49. The summed E-state index contributed by atoms with van der Waals surface area (Å²) in [6.07, 6.45) is 0. The smallest absolute Gasteiger partial charge is 0.258 e. The van der Waals surface area contributed by atoms with Crippen LogP contribution in [0.25, 0.3) is 10.9 Å². The van der Waals surface area contributed by atoms with Crippen LogP contribution in [0.3, 0.4) is 0 Å². The van der Waals surface area contributed by atoms with Gasteiger partial charge in [0.1, 0.15) is 5.82 Å². The molecule has 0 radical (unpaired) electrons. The number of hydrogen-bond donors (Lipinski definition) is 1. The summed E-state index contributed by atoms with van der Waals surface area (Å²) in [7, 11) is -3.35. The summed E-state index contributed by atoms with van der Waals surface area (Å²) in [5, 5.41) is 0.570. The number of fused-ring (bicyclic) bond motifs is 1. The fourth-order valence-electron chi connectivity index (χ4n) is 3.72. The fraction of sp³-hybridized carbons (Fsp3) is 0.333. The van der Waals surface area contributed by atoms with Crippen LogP contribution in [0.2, 0.25) is 0 Å². The second-order valence-corrected chi connectivity index (χ2v) is 9.29. The second-order valence-electron chi connectivity index (χ2n) is 7.32. The fourth-order valence-corrected chi connectivity index (χ4v) is 5.24. The molecule has 1 unspecified atom stereocenters. The molecule has 1 aliphatic heterocycles. The Kier molecular flexibility index (Phi) is 5.49. The van der Waals surface area contributed by atoms with Crippen LogP contribution in [0.1, 0.15) is 24.4 Å². The first-order valence-electron chi connectivity index (χ1n) is 9.69. The van der Waals surface area contributed by atoms with Crippen molar-refractivity contribution in [1.29, 1.82) is 0 Å². The molecule has 2 heterocycles. The highest BCUT2D eigenvalue weighted by molar-refractivity contribution is 7.88. The molecule has 1 N–H and O–H groups in total. The minimum absolute atomic E-state index is 0.0168. The maximum atomic E-state index is 12.7. The van der Waals surface area contributed by atoms with E-state index in [1.165, 1.54) is 0 Å². The van der Waals surface area contributed by atoms with E-state index in [2.05, 4.69) is 14.9 Å². The highest BCUT2D eigenvalue weighted by Crippen LogP contribution is 2.21. The van der Waals surface area contributed by atoms with Crippen molar-refractivity contribution in [3.63, 3.8) is 0 Å². The normalized spacial score (nSPS) is 17.4. The van der Waals surface area contributed by atoms with Gasteiger partial charge in [-0.05, 0) is 24.6 Å². The molecule has 0 bridgehead atoms. The maximum Gasteiger partial charge on any atom is 0.258 e. The van der Waals surface area contributed by atoms with E-state index < -0.39 is 10.0 Å². The van der Waals surface area contributed by atoms with E-state index in [1.54, 1.807) is 10.4 Å². The summed E-state index contributed by atoms with van der Waals surface area (Å²) in [5.74, 6) is 0.623. The van der Waals surface area contributed by atoms with Crippen LogP contribution in [0.15, 0.2) is 59.4 Å². The number of nitrogens with zero attached hydrogens (tertiary/aromatic N) is 3. The van der Waals surface area contributed by atoms with E-state index >= 15 is 0 Å². The molecular formula is C21H24N4O3S. The van der Waals surface area contributed by atoms with Gasteiger partial charge in [-0.15, -0.1) is 0 Å². The van der Waals surface area contributed by atoms with Gasteiger partial charge in [0.2, 0.25) is 10.0 Å². The molecule has 1 aromatic heterocycles. The van der Waals surface area contributed by atoms with Gasteiger partial charge < -0.3 is 4.98 Å². The molecule has 1 aliphatic rings. The monoisotopic (exact) mass is 412 g/mol. The molecular weight excluding hydrogens is 388 g/mol. The van der Waals surface area contributed by atoms with Crippen LogP contribution in [0.5, 0.6) is 0 Å². The third-order valence-corrected chi connectivity index (χ3v) is 7.28. The number of rotatable bonds is 5. The van der Waals surface area contributed by atoms with Crippen LogP contribution < -0.4 is 5.56 Å². The topological polar surface area (TPSA) is 86.4 Å². The van der Waals surface area contributed by atoms with Crippen LogP contribution in [-0.4, -0.2) is 53.8 Å². The number of piperazine rings is 1. The largest absolute Gasteiger partial charge is 0.309 e. The minimum atomic E-state index is -3.35. The number of H-pyrrole nitrogens is 1. The van der Waals surface area contributed by atoms with Crippen molar-refractivity contribution in [2.75, 3.05) is 26.2 Å². The molecule has 29 heavy (non-hydrogen) atoms. The number of benzene rings is 2. The summed E-state index contributed by atoms with van der Waals surface area (Å²) in [4.78, 5) is 22.0. The zero-order valence-corrected chi connectivity index (χ0v) is 17.1. The highest BCUT2D eigenvalue weighted by atomic mass is 32.2. The lowest BCUT2D eigenvalue weighted by Gasteiger charge is -2.37. The molecule has 1 atom stereocenters.